The highest BCUT2D eigenvalue weighted by Gasteiger charge is 2.32. The van der Waals surface area contributed by atoms with E-state index in [1.54, 1.807) is 13.0 Å². The van der Waals surface area contributed by atoms with Gasteiger partial charge in [0.1, 0.15) is 18.3 Å². The Morgan fingerprint density at radius 1 is 1.40 bits per heavy atom. The number of rotatable bonds is 3. The molecule has 0 saturated heterocycles. The van der Waals surface area contributed by atoms with Crippen LogP contribution in [-0.4, -0.2) is 25.0 Å². The third-order valence-electron chi connectivity index (χ3n) is 2.96. The van der Waals surface area contributed by atoms with E-state index in [1.807, 2.05) is 30.3 Å². The van der Waals surface area contributed by atoms with Crippen molar-refractivity contribution < 1.29 is 19.1 Å². The van der Waals surface area contributed by atoms with E-state index >= 15 is 0 Å². The van der Waals surface area contributed by atoms with E-state index in [1.165, 1.54) is 0 Å². The van der Waals surface area contributed by atoms with Gasteiger partial charge >= 0.3 is 5.97 Å². The van der Waals surface area contributed by atoms with E-state index in [-0.39, 0.29) is 19.0 Å². The van der Waals surface area contributed by atoms with Crippen molar-refractivity contribution >= 4 is 17.5 Å². The Morgan fingerprint density at radius 2 is 2.10 bits per heavy atom. The van der Waals surface area contributed by atoms with Gasteiger partial charge in [-0.2, -0.15) is 0 Å². The van der Waals surface area contributed by atoms with Crippen molar-refractivity contribution in [1.82, 2.24) is 0 Å². The first-order chi connectivity index (χ1) is 9.63. The van der Waals surface area contributed by atoms with Crippen molar-refractivity contribution in [2.45, 2.75) is 6.92 Å². The molecule has 1 heterocycles. The average molecular weight is 272 g/mol. The minimum atomic E-state index is -0.976. The van der Waals surface area contributed by atoms with Gasteiger partial charge in [-0.1, -0.05) is 36.9 Å². The molecule has 1 aliphatic heterocycles. The molecule has 0 amide bonds. The summed E-state index contributed by atoms with van der Waals surface area (Å²) in [5, 5.41) is 0. The van der Waals surface area contributed by atoms with Crippen LogP contribution in [0.1, 0.15) is 12.5 Å². The lowest BCUT2D eigenvalue weighted by molar-refractivity contribution is -0.150. The van der Waals surface area contributed by atoms with Gasteiger partial charge in [-0.25, -0.2) is 0 Å². The molecule has 2 rings (SSSR count). The van der Waals surface area contributed by atoms with Gasteiger partial charge < -0.3 is 9.47 Å². The number of allylic oxidation sites excluding steroid dienone is 1. The first kappa shape index (κ1) is 14.1. The van der Waals surface area contributed by atoms with Crippen LogP contribution in [0.25, 0.3) is 5.76 Å². The summed E-state index contributed by atoms with van der Waals surface area (Å²) >= 11 is 0. The number of Topliss-reactive ketones (excluding diaryl/α,β-unsaturated/α-hetero) is 1. The van der Waals surface area contributed by atoms with E-state index in [0.717, 1.165) is 5.56 Å². The molecule has 104 valence electrons. The van der Waals surface area contributed by atoms with E-state index in [2.05, 4.69) is 6.58 Å². The normalized spacial score (nSPS) is 18.9. The van der Waals surface area contributed by atoms with Crippen LogP contribution in [0.4, 0.5) is 0 Å². The zero-order valence-electron chi connectivity index (χ0n) is 11.3. The summed E-state index contributed by atoms with van der Waals surface area (Å²) in [6.07, 6.45) is 1.63. The zero-order chi connectivity index (χ0) is 14.5. The van der Waals surface area contributed by atoms with Gasteiger partial charge in [0.05, 0.1) is 6.61 Å². The van der Waals surface area contributed by atoms with Crippen molar-refractivity contribution in [1.29, 1.82) is 0 Å². The summed E-state index contributed by atoms with van der Waals surface area (Å²) in [4.78, 5) is 23.8. The lowest BCUT2D eigenvalue weighted by atomic mass is 9.95. The molecular formula is C16H16O4. The second kappa shape index (κ2) is 6.19. The first-order valence-electron chi connectivity index (χ1n) is 6.41. The Kier molecular flexibility index (Phi) is 4.35. The summed E-state index contributed by atoms with van der Waals surface area (Å²) in [7, 11) is 0. The minimum Gasteiger partial charge on any atom is -0.485 e. The van der Waals surface area contributed by atoms with Gasteiger partial charge in [-0.15, -0.1) is 0 Å². The number of ether oxygens (including phenoxy) is 2. The number of benzene rings is 1. The van der Waals surface area contributed by atoms with Crippen LogP contribution < -0.4 is 0 Å². The van der Waals surface area contributed by atoms with Crippen molar-refractivity contribution in [2.24, 2.45) is 5.92 Å². The van der Waals surface area contributed by atoms with Crippen molar-refractivity contribution in [3.63, 3.8) is 0 Å². The lowest BCUT2D eigenvalue weighted by Gasteiger charge is -2.11. The molecule has 1 aromatic carbocycles. The summed E-state index contributed by atoms with van der Waals surface area (Å²) in [5.41, 5.74) is 1.23. The fraction of sp³-hybridized carbons (Fsp3) is 0.250. The van der Waals surface area contributed by atoms with Crippen molar-refractivity contribution in [2.75, 3.05) is 13.2 Å². The number of ketones is 1. The summed E-state index contributed by atoms with van der Waals surface area (Å²) < 4.78 is 10.4. The van der Waals surface area contributed by atoms with E-state index < -0.39 is 11.9 Å². The molecule has 0 fully saturated rings. The zero-order valence-corrected chi connectivity index (χ0v) is 11.3. The smallest absolute Gasteiger partial charge is 0.321 e. The van der Waals surface area contributed by atoms with E-state index in [4.69, 9.17) is 9.47 Å². The Bertz CT molecular complexity index is 557. The molecule has 4 nitrogen and oxygen atoms in total. The predicted molar refractivity (Wildman–Crippen MR) is 74.6 cm³/mol. The number of carbonyl (C=O) groups is 2. The highest BCUT2D eigenvalue weighted by molar-refractivity contribution is 6.04. The Hall–Kier alpha value is -2.36. The average Bonchev–Trinajstić information content (AvgIpc) is 2.59. The lowest BCUT2D eigenvalue weighted by Crippen LogP contribution is -2.28. The molecule has 0 aromatic heterocycles. The van der Waals surface area contributed by atoms with Crippen molar-refractivity contribution in [3.05, 3.63) is 54.1 Å². The second-order valence-corrected chi connectivity index (χ2v) is 4.39. The fourth-order valence-corrected chi connectivity index (χ4v) is 2.01. The Labute approximate surface area is 117 Å². The SMILES string of the molecule is C=C1C=C(c2ccccc2)OCC(=O)C1C(=O)OCC. The summed E-state index contributed by atoms with van der Waals surface area (Å²) in [6.45, 7) is 5.57. The Balaban J connectivity index is 2.29. The fourth-order valence-electron chi connectivity index (χ4n) is 2.01. The largest absolute Gasteiger partial charge is 0.485 e. The molecule has 1 atom stereocenters. The molecule has 0 saturated carbocycles. The van der Waals surface area contributed by atoms with Crippen LogP contribution >= 0.6 is 0 Å². The van der Waals surface area contributed by atoms with Gasteiger partial charge in [-0.05, 0) is 18.6 Å². The van der Waals surface area contributed by atoms with Gasteiger partial charge in [-0.3, -0.25) is 9.59 Å². The maximum absolute atomic E-state index is 12.0. The molecule has 1 unspecified atom stereocenters. The molecule has 0 aliphatic carbocycles. The van der Waals surface area contributed by atoms with E-state index in [0.29, 0.717) is 11.3 Å². The van der Waals surface area contributed by atoms with Crippen molar-refractivity contribution in [3.8, 4) is 0 Å². The summed E-state index contributed by atoms with van der Waals surface area (Å²) in [5.74, 6) is -1.35. The Morgan fingerprint density at radius 3 is 2.75 bits per heavy atom. The first-order valence-corrected chi connectivity index (χ1v) is 6.41. The van der Waals surface area contributed by atoms with Gasteiger partial charge in [0.2, 0.25) is 0 Å². The quantitative estimate of drug-likeness (QED) is 0.626. The highest BCUT2D eigenvalue weighted by Crippen LogP contribution is 2.26. The van der Waals surface area contributed by atoms with Crippen LogP contribution in [0.3, 0.4) is 0 Å². The second-order valence-electron chi connectivity index (χ2n) is 4.39. The standard InChI is InChI=1S/C16H16O4/c1-3-19-16(18)15-11(2)9-14(20-10-13(15)17)12-7-5-4-6-8-12/h4-9,15H,2-3,10H2,1H3. The molecule has 0 bridgehead atoms. The topological polar surface area (TPSA) is 52.6 Å². The number of esters is 1. The van der Waals surface area contributed by atoms with Gasteiger partial charge in [0, 0.05) is 5.56 Å². The van der Waals surface area contributed by atoms with Crippen LogP contribution in [0.2, 0.25) is 0 Å². The van der Waals surface area contributed by atoms with Crippen LogP contribution in [0, 0.1) is 5.92 Å². The number of hydrogen-bond donors (Lipinski definition) is 0. The molecule has 1 aromatic rings. The molecule has 0 N–H and O–H groups in total. The summed E-state index contributed by atoms with van der Waals surface area (Å²) in [6, 6.07) is 9.38. The van der Waals surface area contributed by atoms with Crippen LogP contribution in [-0.2, 0) is 19.1 Å². The molecule has 0 radical (unpaired) electrons. The van der Waals surface area contributed by atoms with Crippen LogP contribution in [0.15, 0.2) is 48.6 Å². The number of carbonyl (C=O) groups excluding carboxylic acids is 2. The van der Waals surface area contributed by atoms with E-state index in [9.17, 15) is 9.59 Å². The van der Waals surface area contributed by atoms with Gasteiger partial charge in [0.25, 0.3) is 0 Å². The molecule has 20 heavy (non-hydrogen) atoms. The third-order valence-corrected chi connectivity index (χ3v) is 2.96. The number of hydrogen-bond acceptors (Lipinski definition) is 4. The minimum absolute atomic E-state index is 0.163. The monoisotopic (exact) mass is 272 g/mol. The maximum atomic E-state index is 12.0. The third kappa shape index (κ3) is 2.96. The maximum Gasteiger partial charge on any atom is 0.321 e. The molecule has 1 aliphatic rings. The molecule has 4 heteroatoms. The molecular weight excluding hydrogens is 256 g/mol. The van der Waals surface area contributed by atoms with Crippen LogP contribution in [0.5, 0.6) is 0 Å². The van der Waals surface area contributed by atoms with Gasteiger partial charge in [0.15, 0.2) is 5.78 Å². The predicted octanol–water partition coefficient (Wildman–Crippen LogP) is 2.36. The highest BCUT2D eigenvalue weighted by atomic mass is 16.5. The molecule has 0 spiro atoms.